The molecule has 2 aromatic heterocycles. The number of amides is 1. The monoisotopic (exact) mass is 365 g/mol. The van der Waals surface area contributed by atoms with Crippen molar-refractivity contribution >= 4 is 22.8 Å². The van der Waals surface area contributed by atoms with Crippen LogP contribution >= 0.6 is 0 Å². The number of pyridine rings is 1. The lowest BCUT2D eigenvalue weighted by molar-refractivity contribution is -0.125. The molecule has 0 spiro atoms. The van der Waals surface area contributed by atoms with Crippen LogP contribution < -0.4 is 10.2 Å². The maximum Gasteiger partial charge on any atom is 0.225 e. The van der Waals surface area contributed by atoms with E-state index in [2.05, 4.69) is 25.2 Å². The number of anilines is 1. The fraction of sp³-hybridized carbons (Fsp3) is 0.300. The van der Waals surface area contributed by atoms with Gasteiger partial charge in [0.05, 0.1) is 17.8 Å². The molecule has 4 rings (SSSR count). The Balaban J connectivity index is 1.41. The number of nitrogens with zero attached hydrogens (tertiary/aromatic N) is 4. The van der Waals surface area contributed by atoms with Gasteiger partial charge in [0.25, 0.3) is 0 Å². The van der Waals surface area contributed by atoms with Crippen LogP contribution in [0.5, 0.6) is 0 Å². The van der Waals surface area contributed by atoms with E-state index >= 15 is 0 Å². The van der Waals surface area contributed by atoms with Gasteiger partial charge in [-0.3, -0.25) is 9.78 Å². The van der Waals surface area contributed by atoms with Gasteiger partial charge in [0.15, 0.2) is 5.65 Å². The summed E-state index contributed by atoms with van der Waals surface area (Å²) in [6.45, 7) is 1.84. The van der Waals surface area contributed by atoms with Crippen molar-refractivity contribution in [3.8, 4) is 0 Å². The molecule has 1 N–H and O–H groups in total. The Morgan fingerprint density at radius 3 is 3.00 bits per heavy atom. The molecule has 1 atom stereocenters. The maximum absolute atomic E-state index is 13.3. The minimum Gasteiger partial charge on any atom is -0.369 e. The summed E-state index contributed by atoms with van der Waals surface area (Å²) in [5.74, 6) is -0.403. The smallest absolute Gasteiger partial charge is 0.225 e. The summed E-state index contributed by atoms with van der Waals surface area (Å²) in [6.07, 6.45) is 6.81. The highest BCUT2D eigenvalue weighted by Crippen LogP contribution is 2.24. The molecule has 3 heterocycles. The summed E-state index contributed by atoms with van der Waals surface area (Å²) in [5.41, 5.74) is 3.06. The standard InChI is InChI=1S/C20H20FN5O/c21-16-5-1-3-14(9-16)11-25-20(27)15-4-2-8-26(13-15)17-10-18-19(24-12-17)23-7-6-22-18/h1,3,5-7,9-10,12,15H,2,4,8,11,13H2,(H,25,27)/t15-/m0/s1. The first-order chi connectivity index (χ1) is 13.2. The predicted octanol–water partition coefficient (Wildman–Crippen LogP) is 2.70. The summed E-state index contributed by atoms with van der Waals surface area (Å²) >= 11 is 0. The topological polar surface area (TPSA) is 71.0 Å². The Kier molecular flexibility index (Phi) is 4.91. The van der Waals surface area contributed by atoms with Crippen LogP contribution in [0.15, 0.2) is 48.9 Å². The average Bonchev–Trinajstić information content (AvgIpc) is 2.72. The second-order valence-electron chi connectivity index (χ2n) is 6.73. The van der Waals surface area contributed by atoms with E-state index in [-0.39, 0.29) is 17.6 Å². The molecule has 1 saturated heterocycles. The normalized spacial score (nSPS) is 17.1. The van der Waals surface area contributed by atoms with Crippen molar-refractivity contribution in [2.24, 2.45) is 5.92 Å². The lowest BCUT2D eigenvalue weighted by atomic mass is 9.96. The van der Waals surface area contributed by atoms with Gasteiger partial charge < -0.3 is 10.2 Å². The molecule has 1 amide bonds. The quantitative estimate of drug-likeness (QED) is 0.770. The Morgan fingerprint density at radius 1 is 1.22 bits per heavy atom. The Labute approximate surface area is 156 Å². The number of rotatable bonds is 4. The van der Waals surface area contributed by atoms with E-state index in [1.807, 2.05) is 6.07 Å². The molecular weight excluding hydrogens is 345 g/mol. The largest absolute Gasteiger partial charge is 0.369 e. The summed E-state index contributed by atoms with van der Waals surface area (Å²) < 4.78 is 13.3. The summed E-state index contributed by atoms with van der Waals surface area (Å²) in [7, 11) is 0. The Hall–Kier alpha value is -3.09. The number of hydrogen-bond acceptors (Lipinski definition) is 5. The van der Waals surface area contributed by atoms with E-state index in [0.717, 1.165) is 36.2 Å². The van der Waals surface area contributed by atoms with Gasteiger partial charge in [0.1, 0.15) is 11.3 Å². The molecule has 3 aromatic rings. The summed E-state index contributed by atoms with van der Waals surface area (Å²) in [4.78, 5) is 27.6. The van der Waals surface area contributed by atoms with Gasteiger partial charge in [-0.25, -0.2) is 14.4 Å². The molecular formula is C20H20FN5O. The van der Waals surface area contributed by atoms with E-state index in [1.54, 1.807) is 30.7 Å². The van der Waals surface area contributed by atoms with Gasteiger partial charge in [-0.05, 0) is 36.6 Å². The van der Waals surface area contributed by atoms with Crippen molar-refractivity contribution in [1.82, 2.24) is 20.3 Å². The van der Waals surface area contributed by atoms with E-state index < -0.39 is 0 Å². The van der Waals surface area contributed by atoms with Crippen LogP contribution in [-0.2, 0) is 11.3 Å². The zero-order valence-corrected chi connectivity index (χ0v) is 14.8. The molecule has 0 unspecified atom stereocenters. The van der Waals surface area contributed by atoms with Crippen molar-refractivity contribution in [1.29, 1.82) is 0 Å². The third kappa shape index (κ3) is 4.02. The number of nitrogens with one attached hydrogen (secondary N) is 1. The van der Waals surface area contributed by atoms with Crippen LogP contribution in [0.4, 0.5) is 10.1 Å². The fourth-order valence-electron chi connectivity index (χ4n) is 3.43. The molecule has 1 aliphatic heterocycles. The van der Waals surface area contributed by atoms with Gasteiger partial charge in [0, 0.05) is 32.0 Å². The molecule has 1 fully saturated rings. The first-order valence-corrected chi connectivity index (χ1v) is 9.03. The molecule has 1 aromatic carbocycles. The van der Waals surface area contributed by atoms with Gasteiger partial charge >= 0.3 is 0 Å². The molecule has 0 aliphatic carbocycles. The fourth-order valence-corrected chi connectivity index (χ4v) is 3.43. The minimum absolute atomic E-state index is 0.00231. The number of halogens is 1. The number of piperidine rings is 1. The maximum atomic E-state index is 13.3. The molecule has 27 heavy (non-hydrogen) atoms. The second kappa shape index (κ2) is 7.65. The highest BCUT2D eigenvalue weighted by atomic mass is 19.1. The number of carbonyl (C=O) groups is 1. The minimum atomic E-state index is -0.294. The molecule has 1 aliphatic rings. The van der Waals surface area contributed by atoms with Crippen molar-refractivity contribution in [2.45, 2.75) is 19.4 Å². The number of fused-ring (bicyclic) bond motifs is 1. The molecule has 6 nitrogen and oxygen atoms in total. The van der Waals surface area contributed by atoms with Crippen LogP contribution in [-0.4, -0.2) is 33.9 Å². The van der Waals surface area contributed by atoms with Gasteiger partial charge in [-0.2, -0.15) is 0 Å². The SMILES string of the molecule is O=C(NCc1cccc(F)c1)[C@H]1CCCN(c2cnc3nccnc3c2)C1. The lowest BCUT2D eigenvalue weighted by Gasteiger charge is -2.33. The van der Waals surface area contributed by atoms with Crippen molar-refractivity contribution in [2.75, 3.05) is 18.0 Å². The Bertz CT molecular complexity index is 964. The number of aromatic nitrogens is 3. The first-order valence-electron chi connectivity index (χ1n) is 9.03. The molecule has 138 valence electrons. The zero-order valence-electron chi connectivity index (χ0n) is 14.8. The second-order valence-corrected chi connectivity index (χ2v) is 6.73. The van der Waals surface area contributed by atoms with Gasteiger partial charge in [0.2, 0.25) is 5.91 Å². The first kappa shape index (κ1) is 17.3. The molecule has 7 heteroatoms. The molecule has 0 radical (unpaired) electrons. The molecule has 0 saturated carbocycles. The summed E-state index contributed by atoms with van der Waals surface area (Å²) in [6, 6.07) is 8.25. The Morgan fingerprint density at radius 2 is 2.11 bits per heavy atom. The lowest BCUT2D eigenvalue weighted by Crippen LogP contribution is -2.43. The van der Waals surface area contributed by atoms with Crippen molar-refractivity contribution < 1.29 is 9.18 Å². The predicted molar refractivity (Wildman–Crippen MR) is 101 cm³/mol. The van der Waals surface area contributed by atoms with Crippen molar-refractivity contribution in [3.05, 3.63) is 60.3 Å². The molecule has 0 bridgehead atoms. The third-order valence-electron chi connectivity index (χ3n) is 4.82. The number of carbonyl (C=O) groups excluding carboxylic acids is 1. The van der Waals surface area contributed by atoms with E-state index in [1.165, 1.54) is 12.1 Å². The van der Waals surface area contributed by atoms with E-state index in [0.29, 0.717) is 18.7 Å². The van der Waals surface area contributed by atoms with Crippen molar-refractivity contribution in [3.63, 3.8) is 0 Å². The van der Waals surface area contributed by atoms with Gasteiger partial charge in [-0.15, -0.1) is 0 Å². The third-order valence-corrected chi connectivity index (χ3v) is 4.82. The van der Waals surface area contributed by atoms with Crippen LogP contribution in [0.1, 0.15) is 18.4 Å². The highest BCUT2D eigenvalue weighted by molar-refractivity contribution is 5.80. The van der Waals surface area contributed by atoms with E-state index in [4.69, 9.17) is 0 Å². The summed E-state index contributed by atoms with van der Waals surface area (Å²) in [5, 5.41) is 2.93. The number of benzene rings is 1. The van der Waals surface area contributed by atoms with Crippen LogP contribution in [0.2, 0.25) is 0 Å². The van der Waals surface area contributed by atoms with Crippen LogP contribution in [0, 0.1) is 11.7 Å². The highest BCUT2D eigenvalue weighted by Gasteiger charge is 2.26. The average molecular weight is 365 g/mol. The number of hydrogen-bond donors (Lipinski definition) is 1. The van der Waals surface area contributed by atoms with E-state index in [9.17, 15) is 9.18 Å². The zero-order chi connectivity index (χ0) is 18.6. The van der Waals surface area contributed by atoms with Crippen LogP contribution in [0.25, 0.3) is 11.2 Å². The van der Waals surface area contributed by atoms with Crippen LogP contribution in [0.3, 0.4) is 0 Å². The van der Waals surface area contributed by atoms with Gasteiger partial charge in [-0.1, -0.05) is 12.1 Å².